The molecule has 0 bridgehead atoms. The second kappa shape index (κ2) is 10.1. The summed E-state index contributed by atoms with van der Waals surface area (Å²) in [7, 11) is 0. The maximum Gasteiger partial charge on any atom is 0.0344 e. The molecule has 0 amide bonds. The van der Waals surface area contributed by atoms with Gasteiger partial charge in [-0.05, 0) is 134 Å². The Kier molecular flexibility index (Phi) is 7.08. The summed E-state index contributed by atoms with van der Waals surface area (Å²) >= 11 is 7.50. The van der Waals surface area contributed by atoms with Crippen molar-refractivity contribution in [3.05, 3.63) is 93.9 Å². The number of benzene rings is 5. The average Bonchev–Trinajstić information content (AvgIpc) is 2.82. The van der Waals surface area contributed by atoms with E-state index in [2.05, 4.69) is 169 Å². The number of hydrogen-bond donors (Lipinski definition) is 2. The highest BCUT2D eigenvalue weighted by Gasteiger charge is 2.18. The fourth-order valence-electron chi connectivity index (χ4n) is 5.10. The normalized spacial score (nSPS) is 12.2. The molecule has 0 unspecified atom stereocenters. The molecule has 2 N–H and O–H groups in total. The van der Waals surface area contributed by atoms with E-state index in [-0.39, 0.29) is 11.1 Å². The van der Waals surface area contributed by atoms with Crippen LogP contribution < -0.4 is 10.6 Å². The van der Waals surface area contributed by atoms with Crippen molar-refractivity contribution in [3.63, 3.8) is 0 Å². The predicted molar refractivity (Wildman–Crippen MR) is 174 cm³/mol. The van der Waals surface area contributed by atoms with Gasteiger partial charge in [-0.15, -0.1) is 0 Å². The van der Waals surface area contributed by atoms with Crippen molar-refractivity contribution < 1.29 is 0 Å². The molecule has 2 nitrogen and oxygen atoms in total. The molecular formula is C34H34Br2N2. The molecule has 0 fully saturated rings. The summed E-state index contributed by atoms with van der Waals surface area (Å²) in [5.41, 5.74) is 7.18. The molecular weight excluding hydrogens is 596 g/mol. The molecule has 0 aromatic heterocycles. The smallest absolute Gasteiger partial charge is 0.0344 e. The lowest BCUT2D eigenvalue weighted by Crippen LogP contribution is -2.25. The lowest BCUT2D eigenvalue weighted by Gasteiger charge is -2.23. The number of fused-ring (bicyclic) bond motifs is 2. The molecule has 0 saturated carbocycles. The third-order valence-electron chi connectivity index (χ3n) is 6.43. The van der Waals surface area contributed by atoms with Gasteiger partial charge in [0, 0.05) is 31.4 Å². The molecule has 194 valence electrons. The van der Waals surface area contributed by atoms with Gasteiger partial charge in [0.25, 0.3) is 0 Å². The minimum Gasteiger partial charge on any atom is -0.380 e. The Bertz CT molecular complexity index is 1500. The van der Waals surface area contributed by atoms with Gasteiger partial charge in [-0.3, -0.25) is 0 Å². The van der Waals surface area contributed by atoms with E-state index in [1.165, 1.54) is 43.8 Å². The highest BCUT2D eigenvalue weighted by atomic mass is 79.9. The lowest BCUT2D eigenvalue weighted by molar-refractivity contribution is 0.633. The summed E-state index contributed by atoms with van der Waals surface area (Å²) in [6.45, 7) is 13.1. The number of anilines is 2. The van der Waals surface area contributed by atoms with Gasteiger partial charge < -0.3 is 10.6 Å². The van der Waals surface area contributed by atoms with Crippen LogP contribution in [0.25, 0.3) is 43.8 Å². The summed E-state index contributed by atoms with van der Waals surface area (Å²) in [6.07, 6.45) is 0. The maximum absolute atomic E-state index is 3.75. The van der Waals surface area contributed by atoms with Crippen LogP contribution in [0.4, 0.5) is 11.4 Å². The van der Waals surface area contributed by atoms with Gasteiger partial charge in [0.05, 0.1) is 0 Å². The first-order chi connectivity index (χ1) is 17.9. The maximum atomic E-state index is 3.75. The van der Waals surface area contributed by atoms with Gasteiger partial charge in [0.1, 0.15) is 0 Å². The molecule has 38 heavy (non-hydrogen) atoms. The number of rotatable bonds is 4. The predicted octanol–water partition coefficient (Wildman–Crippen LogP) is 11.3. The van der Waals surface area contributed by atoms with Crippen molar-refractivity contribution in [2.45, 2.75) is 52.6 Å². The van der Waals surface area contributed by atoms with Crippen LogP contribution in [0, 0.1) is 0 Å². The largest absolute Gasteiger partial charge is 0.380 e. The van der Waals surface area contributed by atoms with Crippen LogP contribution in [0.1, 0.15) is 41.5 Å². The van der Waals surface area contributed by atoms with Gasteiger partial charge in [-0.1, -0.05) is 68.3 Å². The Morgan fingerprint density at radius 3 is 1.11 bits per heavy atom. The fourth-order valence-corrected chi connectivity index (χ4v) is 5.82. The summed E-state index contributed by atoms with van der Waals surface area (Å²) in [4.78, 5) is 0. The minimum absolute atomic E-state index is 0.0116. The topological polar surface area (TPSA) is 24.1 Å². The molecule has 0 saturated heterocycles. The van der Waals surface area contributed by atoms with Gasteiger partial charge >= 0.3 is 0 Å². The second-order valence-corrected chi connectivity index (χ2v) is 13.9. The molecule has 0 aliphatic heterocycles. The number of nitrogens with one attached hydrogen (secondary N) is 2. The van der Waals surface area contributed by atoms with Gasteiger partial charge in [0.2, 0.25) is 0 Å². The highest BCUT2D eigenvalue weighted by Crippen LogP contribution is 2.45. The van der Waals surface area contributed by atoms with E-state index in [1.54, 1.807) is 0 Å². The first-order valence-electron chi connectivity index (χ1n) is 13.0. The highest BCUT2D eigenvalue weighted by molar-refractivity contribution is 9.10. The van der Waals surface area contributed by atoms with Crippen LogP contribution in [0.15, 0.2) is 93.9 Å². The fraction of sp³-hybridized carbons (Fsp3) is 0.235. The van der Waals surface area contributed by atoms with E-state index < -0.39 is 0 Å². The Labute approximate surface area is 243 Å². The zero-order valence-electron chi connectivity index (χ0n) is 22.8. The summed E-state index contributed by atoms with van der Waals surface area (Å²) in [5, 5.41) is 12.1. The van der Waals surface area contributed by atoms with Crippen molar-refractivity contribution in [2.75, 3.05) is 10.6 Å². The summed E-state index contributed by atoms with van der Waals surface area (Å²) in [5.74, 6) is 0. The van der Waals surface area contributed by atoms with Crippen molar-refractivity contribution >= 4 is 64.8 Å². The van der Waals surface area contributed by atoms with Crippen LogP contribution in [0.2, 0.25) is 0 Å². The van der Waals surface area contributed by atoms with Crippen LogP contribution in [-0.4, -0.2) is 11.1 Å². The first kappa shape index (κ1) is 26.8. The Balaban J connectivity index is 1.76. The standard InChI is InChI=1S/C34H34Br2N2/c1-33(2,3)37-25-13-7-21(8-14-25)31-27-17-11-24(36)20-30(27)32(28-18-12-23(35)19-29(28)31)22-9-15-26(16-10-22)38-34(4,5)6/h7-20,37-38H,1-6H3. The zero-order valence-corrected chi connectivity index (χ0v) is 26.0. The average molecular weight is 630 g/mol. The molecule has 0 aliphatic carbocycles. The molecule has 0 aliphatic rings. The Morgan fingerprint density at radius 2 is 0.789 bits per heavy atom. The van der Waals surface area contributed by atoms with E-state index >= 15 is 0 Å². The van der Waals surface area contributed by atoms with Crippen LogP contribution in [0.3, 0.4) is 0 Å². The second-order valence-electron chi connectivity index (χ2n) is 12.0. The molecule has 5 aromatic rings. The monoisotopic (exact) mass is 628 g/mol. The van der Waals surface area contributed by atoms with E-state index in [9.17, 15) is 0 Å². The number of halogens is 2. The molecule has 0 spiro atoms. The van der Waals surface area contributed by atoms with Crippen LogP contribution >= 0.6 is 31.9 Å². The third kappa shape index (κ3) is 5.77. The molecule has 0 heterocycles. The van der Waals surface area contributed by atoms with Crippen LogP contribution in [-0.2, 0) is 0 Å². The van der Waals surface area contributed by atoms with Crippen LogP contribution in [0.5, 0.6) is 0 Å². The van der Waals surface area contributed by atoms with Gasteiger partial charge in [-0.2, -0.15) is 0 Å². The van der Waals surface area contributed by atoms with E-state index in [0.29, 0.717) is 0 Å². The van der Waals surface area contributed by atoms with E-state index in [0.717, 1.165) is 20.3 Å². The van der Waals surface area contributed by atoms with E-state index in [1.807, 2.05) is 0 Å². The minimum atomic E-state index is 0.0116. The van der Waals surface area contributed by atoms with Gasteiger partial charge in [0.15, 0.2) is 0 Å². The Morgan fingerprint density at radius 1 is 0.447 bits per heavy atom. The number of hydrogen-bond acceptors (Lipinski definition) is 2. The summed E-state index contributed by atoms with van der Waals surface area (Å²) < 4.78 is 2.15. The van der Waals surface area contributed by atoms with Crippen molar-refractivity contribution in [1.29, 1.82) is 0 Å². The zero-order chi connectivity index (χ0) is 27.2. The van der Waals surface area contributed by atoms with Gasteiger partial charge in [-0.25, -0.2) is 0 Å². The molecule has 5 aromatic carbocycles. The third-order valence-corrected chi connectivity index (χ3v) is 7.41. The lowest BCUT2D eigenvalue weighted by atomic mass is 9.86. The van der Waals surface area contributed by atoms with Crippen molar-refractivity contribution in [2.24, 2.45) is 0 Å². The molecule has 0 atom stereocenters. The molecule has 0 radical (unpaired) electrons. The molecule has 4 heteroatoms. The Hall–Kier alpha value is -2.82. The molecule has 5 rings (SSSR count). The summed E-state index contributed by atoms with van der Waals surface area (Å²) in [6, 6.07) is 31.0. The van der Waals surface area contributed by atoms with Crippen molar-refractivity contribution in [1.82, 2.24) is 0 Å². The van der Waals surface area contributed by atoms with E-state index in [4.69, 9.17) is 0 Å². The SMILES string of the molecule is CC(C)(C)Nc1ccc(-c2c3ccc(Br)cc3c(-c3ccc(NC(C)(C)C)cc3)c3ccc(Br)cc23)cc1. The quantitative estimate of drug-likeness (QED) is 0.193. The first-order valence-corrected chi connectivity index (χ1v) is 14.6. The van der Waals surface area contributed by atoms with Crippen molar-refractivity contribution in [3.8, 4) is 22.3 Å².